The molecule has 4 rings (SSSR count). The third kappa shape index (κ3) is 2.84. The average molecular weight is 376 g/mol. The van der Waals surface area contributed by atoms with E-state index < -0.39 is 0 Å². The van der Waals surface area contributed by atoms with E-state index in [1.54, 1.807) is 23.7 Å². The van der Waals surface area contributed by atoms with Crippen molar-refractivity contribution in [1.82, 2.24) is 4.98 Å². The average Bonchev–Trinajstić information content (AvgIpc) is 3.17. The van der Waals surface area contributed by atoms with Gasteiger partial charge in [0.25, 0.3) is 0 Å². The van der Waals surface area contributed by atoms with E-state index in [4.69, 9.17) is 5.73 Å². The SMILES string of the molecule is CCc1ccc(C2C(C#N)=C(N)N(c3cccnc3)C3=C2C(=O)CCC3)s1. The maximum atomic E-state index is 13.0. The predicted octanol–water partition coefficient (Wildman–Crippen LogP) is 4.01. The van der Waals surface area contributed by atoms with E-state index in [-0.39, 0.29) is 11.7 Å². The summed E-state index contributed by atoms with van der Waals surface area (Å²) in [6.45, 7) is 2.10. The molecule has 0 saturated heterocycles. The van der Waals surface area contributed by atoms with Gasteiger partial charge in [-0.25, -0.2) is 0 Å². The fourth-order valence-electron chi connectivity index (χ4n) is 3.89. The van der Waals surface area contributed by atoms with Crippen LogP contribution >= 0.6 is 11.3 Å². The van der Waals surface area contributed by atoms with Crippen molar-refractivity contribution >= 4 is 22.8 Å². The van der Waals surface area contributed by atoms with Crippen molar-refractivity contribution in [3.05, 3.63) is 69.1 Å². The molecule has 2 N–H and O–H groups in total. The number of Topliss-reactive ketones (excluding diaryl/α,β-unsaturated/α-hetero) is 1. The molecule has 0 bridgehead atoms. The van der Waals surface area contributed by atoms with E-state index in [9.17, 15) is 10.1 Å². The van der Waals surface area contributed by atoms with Gasteiger partial charge in [-0.3, -0.25) is 14.7 Å². The number of carbonyl (C=O) groups excluding carboxylic acids is 1. The Labute approximate surface area is 162 Å². The van der Waals surface area contributed by atoms with E-state index in [0.717, 1.165) is 41.1 Å². The molecule has 2 aromatic rings. The van der Waals surface area contributed by atoms with Crippen LogP contribution in [0.15, 0.2) is 59.3 Å². The van der Waals surface area contributed by atoms with Crippen LogP contribution in [-0.4, -0.2) is 10.8 Å². The first kappa shape index (κ1) is 17.5. The van der Waals surface area contributed by atoms with Crippen molar-refractivity contribution in [3.8, 4) is 6.07 Å². The minimum absolute atomic E-state index is 0.113. The second kappa shape index (κ2) is 7.01. The van der Waals surface area contributed by atoms with Crippen LogP contribution in [0.1, 0.15) is 41.9 Å². The third-order valence-corrected chi connectivity index (χ3v) is 6.43. The standard InChI is InChI=1S/C21H20N4OS/c1-2-14-8-9-18(27-14)19-15(11-22)21(23)25(13-5-4-10-24-12-13)16-6-3-7-17(26)20(16)19/h4-5,8-10,12,19H,2-3,6-7,23H2,1H3. The summed E-state index contributed by atoms with van der Waals surface area (Å²) in [5.41, 5.74) is 9.36. The van der Waals surface area contributed by atoms with Crippen LogP contribution < -0.4 is 10.6 Å². The number of nitrogens with zero attached hydrogens (tertiary/aromatic N) is 3. The summed E-state index contributed by atoms with van der Waals surface area (Å²) in [5, 5.41) is 9.94. The molecule has 2 aliphatic rings. The second-order valence-electron chi connectivity index (χ2n) is 6.69. The van der Waals surface area contributed by atoms with Crippen molar-refractivity contribution in [2.75, 3.05) is 4.90 Å². The Morgan fingerprint density at radius 2 is 2.22 bits per heavy atom. The number of hydrogen-bond acceptors (Lipinski definition) is 6. The van der Waals surface area contributed by atoms with E-state index in [1.165, 1.54) is 4.88 Å². The van der Waals surface area contributed by atoms with Gasteiger partial charge < -0.3 is 5.73 Å². The van der Waals surface area contributed by atoms with Crippen molar-refractivity contribution in [2.24, 2.45) is 5.73 Å². The van der Waals surface area contributed by atoms with E-state index in [0.29, 0.717) is 17.8 Å². The Morgan fingerprint density at radius 1 is 1.37 bits per heavy atom. The topological polar surface area (TPSA) is 83.0 Å². The van der Waals surface area contributed by atoms with Crippen LogP contribution in [0.25, 0.3) is 0 Å². The molecule has 3 heterocycles. The summed E-state index contributed by atoms with van der Waals surface area (Å²) in [4.78, 5) is 21.3. The molecule has 136 valence electrons. The Balaban J connectivity index is 1.95. The zero-order chi connectivity index (χ0) is 19.0. The largest absolute Gasteiger partial charge is 0.384 e. The van der Waals surface area contributed by atoms with E-state index in [2.05, 4.69) is 24.0 Å². The van der Waals surface area contributed by atoms with Crippen LogP contribution in [0.4, 0.5) is 5.69 Å². The smallest absolute Gasteiger partial charge is 0.161 e. The van der Waals surface area contributed by atoms with Gasteiger partial charge in [0, 0.05) is 33.6 Å². The van der Waals surface area contributed by atoms with E-state index >= 15 is 0 Å². The first-order valence-electron chi connectivity index (χ1n) is 9.10. The van der Waals surface area contributed by atoms with Gasteiger partial charge in [-0.2, -0.15) is 5.26 Å². The molecule has 1 aliphatic carbocycles. The van der Waals surface area contributed by atoms with Crippen LogP contribution in [0, 0.1) is 11.3 Å². The number of thiophene rings is 1. The normalized spacial score (nSPS) is 19.9. The number of hydrogen-bond donors (Lipinski definition) is 1. The Hall–Kier alpha value is -2.91. The fraction of sp³-hybridized carbons (Fsp3) is 0.286. The summed E-state index contributed by atoms with van der Waals surface area (Å²) in [6, 6.07) is 10.1. The highest BCUT2D eigenvalue weighted by molar-refractivity contribution is 7.12. The molecule has 0 amide bonds. The first-order chi connectivity index (χ1) is 13.2. The number of nitriles is 1. The van der Waals surface area contributed by atoms with E-state index in [1.807, 2.05) is 23.1 Å². The molecular weight excluding hydrogens is 356 g/mol. The fourth-order valence-corrected chi connectivity index (χ4v) is 4.96. The van der Waals surface area contributed by atoms with Gasteiger partial charge >= 0.3 is 0 Å². The van der Waals surface area contributed by atoms with Gasteiger partial charge in [0.15, 0.2) is 5.78 Å². The van der Waals surface area contributed by atoms with Crippen LogP contribution in [0.3, 0.4) is 0 Å². The first-order valence-corrected chi connectivity index (χ1v) is 9.92. The molecule has 2 aromatic heterocycles. The summed E-state index contributed by atoms with van der Waals surface area (Å²) < 4.78 is 0. The summed E-state index contributed by atoms with van der Waals surface area (Å²) in [6.07, 6.45) is 6.41. The molecule has 6 heteroatoms. The lowest BCUT2D eigenvalue weighted by atomic mass is 9.78. The summed E-state index contributed by atoms with van der Waals surface area (Å²) in [7, 11) is 0. The number of rotatable bonds is 3. The van der Waals surface area contributed by atoms with Crippen molar-refractivity contribution in [2.45, 2.75) is 38.5 Å². The van der Waals surface area contributed by atoms with Gasteiger partial charge in [0.1, 0.15) is 5.82 Å². The number of carbonyl (C=O) groups is 1. The lowest BCUT2D eigenvalue weighted by Crippen LogP contribution is -2.38. The van der Waals surface area contributed by atoms with Crippen molar-refractivity contribution < 1.29 is 4.79 Å². The number of ketones is 1. The molecule has 0 fully saturated rings. The highest BCUT2D eigenvalue weighted by Gasteiger charge is 2.40. The van der Waals surface area contributed by atoms with Crippen molar-refractivity contribution in [3.63, 3.8) is 0 Å². The monoisotopic (exact) mass is 376 g/mol. The Morgan fingerprint density at radius 3 is 2.89 bits per heavy atom. The lowest BCUT2D eigenvalue weighted by Gasteiger charge is -2.39. The number of aromatic nitrogens is 1. The molecular formula is C21H20N4OS. The molecule has 5 nitrogen and oxygen atoms in total. The molecule has 27 heavy (non-hydrogen) atoms. The van der Waals surface area contributed by atoms with Gasteiger partial charge in [0.05, 0.1) is 29.4 Å². The van der Waals surface area contributed by atoms with Crippen LogP contribution in [0.5, 0.6) is 0 Å². The number of nitrogens with two attached hydrogens (primary N) is 1. The van der Waals surface area contributed by atoms with Crippen LogP contribution in [0.2, 0.25) is 0 Å². The zero-order valence-electron chi connectivity index (χ0n) is 15.1. The Bertz CT molecular complexity index is 997. The van der Waals surface area contributed by atoms with Crippen LogP contribution in [-0.2, 0) is 11.2 Å². The van der Waals surface area contributed by atoms with Gasteiger partial charge in [-0.1, -0.05) is 6.92 Å². The maximum absolute atomic E-state index is 13.0. The Kier molecular flexibility index (Phi) is 4.54. The molecule has 1 atom stereocenters. The third-order valence-electron chi connectivity index (χ3n) is 5.13. The van der Waals surface area contributed by atoms with Crippen molar-refractivity contribution in [1.29, 1.82) is 5.26 Å². The number of anilines is 1. The summed E-state index contributed by atoms with van der Waals surface area (Å²) >= 11 is 1.66. The minimum Gasteiger partial charge on any atom is -0.384 e. The molecule has 0 radical (unpaired) electrons. The van der Waals surface area contributed by atoms with Gasteiger partial charge in [-0.05, 0) is 43.5 Å². The molecule has 0 aromatic carbocycles. The number of pyridine rings is 1. The lowest BCUT2D eigenvalue weighted by molar-refractivity contribution is -0.116. The highest BCUT2D eigenvalue weighted by Crippen LogP contribution is 2.47. The number of aryl methyl sites for hydroxylation is 1. The molecule has 0 saturated carbocycles. The predicted molar refractivity (Wildman–Crippen MR) is 106 cm³/mol. The quantitative estimate of drug-likeness (QED) is 0.875. The highest BCUT2D eigenvalue weighted by atomic mass is 32.1. The minimum atomic E-state index is -0.365. The second-order valence-corrected chi connectivity index (χ2v) is 7.89. The van der Waals surface area contributed by atoms with Gasteiger partial charge in [0.2, 0.25) is 0 Å². The van der Waals surface area contributed by atoms with Gasteiger partial charge in [-0.15, -0.1) is 11.3 Å². The maximum Gasteiger partial charge on any atom is 0.161 e. The number of allylic oxidation sites excluding steroid dienone is 3. The molecule has 1 unspecified atom stereocenters. The summed E-state index contributed by atoms with van der Waals surface area (Å²) in [5.74, 6) is 0.147. The molecule has 0 spiro atoms. The molecule has 1 aliphatic heterocycles. The zero-order valence-corrected chi connectivity index (χ0v) is 15.9.